The van der Waals surface area contributed by atoms with Gasteiger partial charge in [0.1, 0.15) is 17.2 Å². The summed E-state index contributed by atoms with van der Waals surface area (Å²) in [4.78, 5) is 23.8. The number of amides is 1. The molecular formula is C25H19BrF3NO4. The predicted molar refractivity (Wildman–Crippen MR) is 124 cm³/mol. The molecule has 0 fully saturated rings. The van der Waals surface area contributed by atoms with Crippen molar-refractivity contribution >= 4 is 33.9 Å². The van der Waals surface area contributed by atoms with Crippen molar-refractivity contribution < 1.29 is 32.6 Å². The van der Waals surface area contributed by atoms with Crippen LogP contribution in [0.1, 0.15) is 23.1 Å². The van der Waals surface area contributed by atoms with Crippen LogP contribution in [0.25, 0.3) is 6.08 Å². The van der Waals surface area contributed by atoms with Crippen LogP contribution in [0.5, 0.6) is 11.5 Å². The lowest BCUT2D eigenvalue weighted by Gasteiger charge is -2.09. The van der Waals surface area contributed by atoms with Crippen molar-refractivity contribution in [3.63, 3.8) is 0 Å². The van der Waals surface area contributed by atoms with Crippen molar-refractivity contribution in [1.29, 1.82) is 0 Å². The fraction of sp³-hybridized carbons (Fsp3) is 0.120. The largest absolute Gasteiger partial charge is 0.477 e. The molecule has 0 radical (unpaired) electrons. The number of hydrogen-bond acceptors (Lipinski definition) is 3. The molecule has 0 saturated carbocycles. The van der Waals surface area contributed by atoms with Gasteiger partial charge in [-0.3, -0.25) is 4.79 Å². The Hall–Kier alpha value is -3.59. The zero-order valence-corrected chi connectivity index (χ0v) is 19.2. The van der Waals surface area contributed by atoms with Crippen LogP contribution in [0.4, 0.5) is 13.2 Å². The Bertz CT molecular complexity index is 1190. The molecule has 0 atom stereocenters. The number of carboxylic acid groups (broad SMARTS) is 1. The quantitative estimate of drug-likeness (QED) is 0.327. The van der Waals surface area contributed by atoms with Crippen LogP contribution in [0.2, 0.25) is 0 Å². The van der Waals surface area contributed by atoms with Gasteiger partial charge in [0, 0.05) is 6.42 Å². The lowest BCUT2D eigenvalue weighted by Crippen LogP contribution is -2.27. The van der Waals surface area contributed by atoms with Gasteiger partial charge in [-0.25, -0.2) is 4.79 Å². The second-order valence-electron chi connectivity index (χ2n) is 7.21. The van der Waals surface area contributed by atoms with Gasteiger partial charge in [0.25, 0.3) is 0 Å². The lowest BCUT2D eigenvalue weighted by atomic mass is 10.1. The third-order valence-corrected chi connectivity index (χ3v) is 5.34. The molecule has 0 aliphatic rings. The van der Waals surface area contributed by atoms with Gasteiger partial charge < -0.3 is 15.2 Å². The average Bonchev–Trinajstić information content (AvgIpc) is 2.79. The zero-order chi connectivity index (χ0) is 24.7. The number of benzene rings is 3. The van der Waals surface area contributed by atoms with Gasteiger partial charge in [-0.1, -0.05) is 36.4 Å². The Balaban J connectivity index is 1.60. The number of alkyl halides is 3. The van der Waals surface area contributed by atoms with Crippen LogP contribution in [-0.2, 0) is 22.2 Å². The van der Waals surface area contributed by atoms with E-state index in [1.54, 1.807) is 30.3 Å². The molecule has 3 rings (SSSR count). The van der Waals surface area contributed by atoms with Crippen molar-refractivity contribution in [1.82, 2.24) is 5.32 Å². The van der Waals surface area contributed by atoms with E-state index in [0.717, 1.165) is 16.6 Å². The number of carboxylic acids is 1. The van der Waals surface area contributed by atoms with E-state index in [4.69, 9.17) is 4.74 Å². The van der Waals surface area contributed by atoms with E-state index < -0.39 is 23.6 Å². The maximum absolute atomic E-state index is 12.6. The molecule has 0 unspecified atom stereocenters. The topological polar surface area (TPSA) is 75.6 Å². The molecule has 3 aromatic carbocycles. The minimum absolute atomic E-state index is 0.0886. The van der Waals surface area contributed by atoms with E-state index in [1.165, 1.54) is 18.2 Å². The molecule has 0 spiro atoms. The number of aryl methyl sites for hydroxylation is 1. The van der Waals surface area contributed by atoms with Gasteiger partial charge in [-0.05, 0) is 76.0 Å². The number of rotatable bonds is 8. The first-order chi connectivity index (χ1) is 16.1. The molecule has 34 heavy (non-hydrogen) atoms. The van der Waals surface area contributed by atoms with E-state index in [0.29, 0.717) is 22.6 Å². The first-order valence-corrected chi connectivity index (χ1v) is 10.8. The molecule has 0 heterocycles. The van der Waals surface area contributed by atoms with Gasteiger partial charge in [-0.15, -0.1) is 0 Å². The van der Waals surface area contributed by atoms with Crippen molar-refractivity contribution in [2.75, 3.05) is 0 Å². The number of aliphatic carboxylic acids is 1. The number of carbonyl (C=O) groups is 2. The smallest absolute Gasteiger partial charge is 0.416 e. The number of hydrogen-bond donors (Lipinski definition) is 2. The Kier molecular flexibility index (Phi) is 8.12. The maximum atomic E-state index is 12.6. The zero-order valence-electron chi connectivity index (χ0n) is 17.6. The number of para-hydroxylation sites is 1. The first kappa shape index (κ1) is 25.0. The van der Waals surface area contributed by atoms with E-state index >= 15 is 0 Å². The van der Waals surface area contributed by atoms with Gasteiger partial charge in [0.2, 0.25) is 5.91 Å². The third-order valence-electron chi connectivity index (χ3n) is 4.68. The summed E-state index contributed by atoms with van der Waals surface area (Å²) in [6.07, 6.45) is -3.05. The SMILES string of the molecule is O=C(CCc1ccc(C(F)(F)F)cc1)NC(=Cc1ccc(Oc2ccccc2Br)cc1)C(=O)O. The van der Waals surface area contributed by atoms with Crippen molar-refractivity contribution in [2.45, 2.75) is 19.0 Å². The molecule has 5 nitrogen and oxygen atoms in total. The summed E-state index contributed by atoms with van der Waals surface area (Å²) in [5.74, 6) is -0.724. The van der Waals surface area contributed by atoms with E-state index in [9.17, 15) is 27.9 Å². The predicted octanol–water partition coefficient (Wildman–Crippen LogP) is 6.43. The molecule has 9 heteroatoms. The monoisotopic (exact) mass is 533 g/mol. The number of nitrogens with one attached hydrogen (secondary N) is 1. The highest BCUT2D eigenvalue weighted by atomic mass is 79.9. The summed E-state index contributed by atoms with van der Waals surface area (Å²) in [7, 11) is 0. The van der Waals surface area contributed by atoms with Gasteiger partial charge >= 0.3 is 12.1 Å². The summed E-state index contributed by atoms with van der Waals surface area (Å²) in [6, 6.07) is 18.4. The average molecular weight is 534 g/mol. The molecule has 3 aromatic rings. The number of halogens is 4. The minimum atomic E-state index is -4.43. The minimum Gasteiger partial charge on any atom is -0.477 e. The first-order valence-electron chi connectivity index (χ1n) is 10.1. The Morgan fingerprint density at radius 2 is 1.62 bits per heavy atom. The van der Waals surface area contributed by atoms with Crippen LogP contribution in [0.3, 0.4) is 0 Å². The molecule has 1 amide bonds. The normalized spacial score (nSPS) is 11.7. The van der Waals surface area contributed by atoms with Gasteiger partial charge in [-0.2, -0.15) is 13.2 Å². The Morgan fingerprint density at radius 1 is 0.971 bits per heavy atom. The highest BCUT2D eigenvalue weighted by molar-refractivity contribution is 9.10. The van der Waals surface area contributed by atoms with Gasteiger partial charge in [0.05, 0.1) is 10.0 Å². The molecule has 176 valence electrons. The maximum Gasteiger partial charge on any atom is 0.416 e. The Morgan fingerprint density at radius 3 is 2.21 bits per heavy atom. The van der Waals surface area contributed by atoms with Crippen LogP contribution < -0.4 is 10.1 Å². The second kappa shape index (κ2) is 11.0. The van der Waals surface area contributed by atoms with Crippen molar-refractivity contribution in [3.05, 3.63) is 99.7 Å². The summed E-state index contributed by atoms with van der Waals surface area (Å²) in [6.45, 7) is 0. The Labute approximate surface area is 202 Å². The van der Waals surface area contributed by atoms with Crippen LogP contribution >= 0.6 is 15.9 Å². The third kappa shape index (κ3) is 7.21. The fourth-order valence-electron chi connectivity index (χ4n) is 2.94. The molecule has 0 saturated heterocycles. The molecular weight excluding hydrogens is 515 g/mol. The van der Waals surface area contributed by atoms with Crippen LogP contribution in [0, 0.1) is 0 Å². The molecule has 0 bridgehead atoms. The molecule has 0 aromatic heterocycles. The lowest BCUT2D eigenvalue weighted by molar-refractivity contribution is -0.137. The summed E-state index contributed by atoms with van der Waals surface area (Å²) >= 11 is 3.39. The highest BCUT2D eigenvalue weighted by Crippen LogP contribution is 2.30. The van der Waals surface area contributed by atoms with E-state index in [-0.39, 0.29) is 18.5 Å². The van der Waals surface area contributed by atoms with Crippen molar-refractivity contribution in [2.24, 2.45) is 0 Å². The fourth-order valence-corrected chi connectivity index (χ4v) is 3.30. The standard InChI is InChI=1S/C25H19BrF3NO4/c26-20-3-1-2-4-22(20)34-19-12-7-17(8-13-19)15-21(24(32)33)30-23(31)14-9-16-5-10-18(11-6-16)25(27,28)29/h1-8,10-13,15H,9,14H2,(H,30,31)(H,32,33). The van der Waals surface area contributed by atoms with Gasteiger partial charge in [0.15, 0.2) is 0 Å². The highest BCUT2D eigenvalue weighted by Gasteiger charge is 2.29. The van der Waals surface area contributed by atoms with Crippen LogP contribution in [0.15, 0.2) is 83.0 Å². The van der Waals surface area contributed by atoms with E-state index in [1.807, 2.05) is 18.2 Å². The molecule has 0 aliphatic heterocycles. The number of carbonyl (C=O) groups excluding carboxylic acids is 1. The molecule has 2 N–H and O–H groups in total. The van der Waals surface area contributed by atoms with Crippen molar-refractivity contribution in [3.8, 4) is 11.5 Å². The number of ether oxygens (including phenoxy) is 1. The van der Waals surface area contributed by atoms with E-state index in [2.05, 4.69) is 21.2 Å². The molecule has 0 aliphatic carbocycles. The summed E-state index contributed by atoms with van der Waals surface area (Å²) < 4.78 is 44.4. The summed E-state index contributed by atoms with van der Waals surface area (Å²) in [5.41, 5.74) is -0.0360. The summed E-state index contributed by atoms with van der Waals surface area (Å²) in [5, 5.41) is 11.8. The van der Waals surface area contributed by atoms with Crippen LogP contribution in [-0.4, -0.2) is 17.0 Å². The second-order valence-corrected chi connectivity index (χ2v) is 8.06.